The van der Waals surface area contributed by atoms with Crippen molar-refractivity contribution >= 4 is 22.3 Å². The fourth-order valence-electron chi connectivity index (χ4n) is 2.91. The van der Waals surface area contributed by atoms with Crippen LogP contribution < -0.4 is 10.1 Å². The summed E-state index contributed by atoms with van der Waals surface area (Å²) in [4.78, 5) is 8.55. The summed E-state index contributed by atoms with van der Waals surface area (Å²) in [7, 11) is 1.56. The van der Waals surface area contributed by atoms with Crippen LogP contribution >= 0.6 is 0 Å². The van der Waals surface area contributed by atoms with Crippen LogP contribution in [0.15, 0.2) is 73.1 Å². The molecule has 2 aromatic carbocycles. The van der Waals surface area contributed by atoms with Gasteiger partial charge in [0.05, 0.1) is 18.3 Å². The molecule has 2 aromatic heterocycles. The van der Waals surface area contributed by atoms with Crippen LogP contribution in [0.5, 0.6) is 5.75 Å². The highest BCUT2D eigenvalue weighted by Gasteiger charge is 2.19. The molecular weight excluding hydrogens is 329 g/mol. The smallest absolute Gasteiger partial charge is 0.173 e. The standard InChI is InChI=1S/C21H16FN3O/c1-26-18-9-5-3-7-16(18)21-19(22)20(24-14-10-12-23-13-11-14)15-6-2-4-8-17(15)25-21/h2-13H,1H3,(H,23,24,25). The number of anilines is 2. The summed E-state index contributed by atoms with van der Waals surface area (Å²) in [5.74, 6) is 0.147. The summed E-state index contributed by atoms with van der Waals surface area (Å²) >= 11 is 0. The van der Waals surface area contributed by atoms with Gasteiger partial charge in [0.2, 0.25) is 0 Å². The number of halogens is 1. The number of hydrogen-bond donors (Lipinski definition) is 1. The lowest BCUT2D eigenvalue weighted by Crippen LogP contribution is -2.01. The molecule has 0 spiro atoms. The number of rotatable bonds is 4. The molecule has 4 rings (SSSR count). The first-order valence-electron chi connectivity index (χ1n) is 8.16. The van der Waals surface area contributed by atoms with Crippen molar-refractivity contribution in [2.75, 3.05) is 12.4 Å². The molecule has 5 heteroatoms. The van der Waals surface area contributed by atoms with Crippen LogP contribution in [0, 0.1) is 5.82 Å². The zero-order valence-corrected chi connectivity index (χ0v) is 14.1. The maximum atomic E-state index is 15.5. The van der Waals surface area contributed by atoms with Crippen LogP contribution in [0.4, 0.5) is 15.8 Å². The fourth-order valence-corrected chi connectivity index (χ4v) is 2.91. The summed E-state index contributed by atoms with van der Waals surface area (Å²) < 4.78 is 20.9. The predicted octanol–water partition coefficient (Wildman–Crippen LogP) is 5.19. The van der Waals surface area contributed by atoms with Gasteiger partial charge in [-0.1, -0.05) is 30.3 Å². The second-order valence-electron chi connectivity index (χ2n) is 5.73. The van der Waals surface area contributed by atoms with Gasteiger partial charge >= 0.3 is 0 Å². The molecule has 0 atom stereocenters. The van der Waals surface area contributed by atoms with Crippen LogP contribution in [-0.4, -0.2) is 17.1 Å². The molecule has 0 aliphatic heterocycles. The Balaban J connectivity index is 1.97. The second-order valence-corrected chi connectivity index (χ2v) is 5.73. The van der Waals surface area contributed by atoms with E-state index in [-0.39, 0.29) is 5.69 Å². The van der Waals surface area contributed by atoms with E-state index in [0.29, 0.717) is 27.9 Å². The number of ether oxygens (including phenoxy) is 1. The Morgan fingerprint density at radius 3 is 2.46 bits per heavy atom. The van der Waals surface area contributed by atoms with Gasteiger partial charge in [0.25, 0.3) is 0 Å². The third-order valence-electron chi connectivity index (χ3n) is 4.14. The summed E-state index contributed by atoms with van der Waals surface area (Å²) in [6, 6.07) is 18.3. The van der Waals surface area contributed by atoms with Crippen molar-refractivity contribution in [1.82, 2.24) is 9.97 Å². The van der Waals surface area contributed by atoms with Crippen LogP contribution in [0.3, 0.4) is 0 Å². The van der Waals surface area contributed by atoms with Crippen molar-refractivity contribution in [3.8, 4) is 17.0 Å². The number of nitrogens with zero attached hydrogens (tertiary/aromatic N) is 2. The number of benzene rings is 2. The molecule has 0 aliphatic carbocycles. The highest BCUT2D eigenvalue weighted by molar-refractivity contribution is 5.96. The van der Waals surface area contributed by atoms with Crippen LogP contribution in [0.25, 0.3) is 22.2 Å². The van der Waals surface area contributed by atoms with Crippen molar-refractivity contribution < 1.29 is 9.13 Å². The number of aromatic nitrogens is 2. The van der Waals surface area contributed by atoms with Gasteiger partial charge in [-0.2, -0.15) is 0 Å². The first kappa shape index (κ1) is 16.0. The molecule has 0 saturated heterocycles. The summed E-state index contributed by atoms with van der Waals surface area (Å²) in [5.41, 5.74) is 2.68. The van der Waals surface area contributed by atoms with E-state index in [4.69, 9.17) is 4.74 Å². The second kappa shape index (κ2) is 6.80. The first-order chi connectivity index (χ1) is 12.8. The number of pyridine rings is 2. The Morgan fingerprint density at radius 2 is 1.65 bits per heavy atom. The Morgan fingerprint density at radius 1 is 0.923 bits per heavy atom. The van der Waals surface area contributed by atoms with Gasteiger partial charge in [-0.05, 0) is 30.3 Å². The van der Waals surface area contributed by atoms with Gasteiger partial charge < -0.3 is 10.1 Å². The first-order valence-corrected chi connectivity index (χ1v) is 8.16. The zero-order chi connectivity index (χ0) is 17.9. The molecule has 0 amide bonds. The number of nitrogens with one attached hydrogen (secondary N) is 1. The van der Waals surface area contributed by atoms with E-state index in [0.717, 1.165) is 5.69 Å². The van der Waals surface area contributed by atoms with Gasteiger partial charge in [0, 0.05) is 29.0 Å². The van der Waals surface area contributed by atoms with Gasteiger partial charge in [-0.25, -0.2) is 9.37 Å². The van der Waals surface area contributed by atoms with E-state index in [1.165, 1.54) is 0 Å². The third-order valence-corrected chi connectivity index (χ3v) is 4.14. The maximum absolute atomic E-state index is 15.5. The Hall–Kier alpha value is -3.47. The van der Waals surface area contributed by atoms with Crippen molar-refractivity contribution in [2.45, 2.75) is 0 Å². The van der Waals surface area contributed by atoms with E-state index in [2.05, 4.69) is 15.3 Å². The summed E-state index contributed by atoms with van der Waals surface area (Å²) in [5, 5.41) is 3.88. The van der Waals surface area contributed by atoms with Crippen molar-refractivity contribution in [2.24, 2.45) is 0 Å². The summed E-state index contributed by atoms with van der Waals surface area (Å²) in [6.07, 6.45) is 3.31. The van der Waals surface area contributed by atoms with Crippen molar-refractivity contribution in [3.05, 3.63) is 78.9 Å². The molecule has 0 unspecified atom stereocenters. The Bertz CT molecular complexity index is 1070. The molecule has 0 radical (unpaired) electrons. The number of hydrogen-bond acceptors (Lipinski definition) is 4. The average Bonchev–Trinajstić information content (AvgIpc) is 2.70. The van der Waals surface area contributed by atoms with E-state index >= 15 is 4.39 Å². The van der Waals surface area contributed by atoms with E-state index < -0.39 is 5.82 Å². The van der Waals surface area contributed by atoms with Gasteiger partial charge in [-0.3, -0.25) is 4.98 Å². The normalized spacial score (nSPS) is 10.7. The minimum absolute atomic E-state index is 0.248. The van der Waals surface area contributed by atoms with E-state index in [1.807, 2.05) is 36.4 Å². The molecular formula is C21H16FN3O. The molecule has 0 aliphatic rings. The van der Waals surface area contributed by atoms with Gasteiger partial charge in [-0.15, -0.1) is 0 Å². The molecule has 1 N–H and O–H groups in total. The zero-order valence-electron chi connectivity index (χ0n) is 14.1. The molecule has 128 valence electrons. The maximum Gasteiger partial charge on any atom is 0.173 e. The lowest BCUT2D eigenvalue weighted by Gasteiger charge is -2.15. The van der Waals surface area contributed by atoms with Crippen molar-refractivity contribution in [3.63, 3.8) is 0 Å². The van der Waals surface area contributed by atoms with Crippen molar-refractivity contribution in [1.29, 1.82) is 0 Å². The molecule has 26 heavy (non-hydrogen) atoms. The molecule has 0 fully saturated rings. The van der Waals surface area contributed by atoms with E-state index in [9.17, 15) is 0 Å². The summed E-state index contributed by atoms with van der Waals surface area (Å²) in [6.45, 7) is 0. The largest absolute Gasteiger partial charge is 0.496 e. The van der Waals surface area contributed by atoms with Crippen LogP contribution in [0.2, 0.25) is 0 Å². The van der Waals surface area contributed by atoms with Gasteiger partial charge in [0.1, 0.15) is 11.4 Å². The minimum Gasteiger partial charge on any atom is -0.496 e. The van der Waals surface area contributed by atoms with Crippen LogP contribution in [0.1, 0.15) is 0 Å². The van der Waals surface area contributed by atoms with Crippen LogP contribution in [-0.2, 0) is 0 Å². The Kier molecular flexibility index (Phi) is 4.19. The third kappa shape index (κ3) is 2.84. The molecule has 4 nitrogen and oxygen atoms in total. The highest BCUT2D eigenvalue weighted by Crippen LogP contribution is 2.37. The number of para-hydroxylation sites is 2. The monoisotopic (exact) mass is 345 g/mol. The fraction of sp³-hybridized carbons (Fsp3) is 0.0476. The number of methoxy groups -OCH3 is 1. The average molecular weight is 345 g/mol. The molecule has 2 heterocycles. The molecule has 0 saturated carbocycles. The topological polar surface area (TPSA) is 47.0 Å². The molecule has 4 aromatic rings. The lowest BCUT2D eigenvalue weighted by atomic mass is 10.1. The van der Waals surface area contributed by atoms with Gasteiger partial charge in [0.15, 0.2) is 5.82 Å². The SMILES string of the molecule is COc1ccccc1-c1nc2ccccc2c(Nc2ccncc2)c1F. The number of fused-ring (bicyclic) bond motifs is 1. The predicted molar refractivity (Wildman–Crippen MR) is 101 cm³/mol. The quantitative estimate of drug-likeness (QED) is 0.553. The highest BCUT2D eigenvalue weighted by atomic mass is 19.1. The minimum atomic E-state index is -0.426. The van der Waals surface area contributed by atoms with E-state index in [1.54, 1.807) is 43.8 Å². The Labute approximate surface area is 150 Å². The lowest BCUT2D eigenvalue weighted by molar-refractivity contribution is 0.416. The molecule has 0 bridgehead atoms.